The molecular weight excluding hydrogens is 372 g/mol. The van der Waals surface area contributed by atoms with Crippen LogP contribution in [-0.4, -0.2) is 18.1 Å². The third-order valence-electron chi connectivity index (χ3n) is 2.54. The molecule has 0 fully saturated rings. The molecule has 1 aromatic carbocycles. The smallest absolute Gasteiger partial charge is 0.341 e. The fourth-order valence-electron chi connectivity index (χ4n) is 1.60. The molecule has 20 heavy (non-hydrogen) atoms. The topological polar surface area (TPSA) is 39.2 Å². The van der Waals surface area contributed by atoms with E-state index in [-0.39, 0.29) is 16.4 Å². The first-order valence-corrected chi connectivity index (χ1v) is 6.89. The summed E-state index contributed by atoms with van der Waals surface area (Å²) in [5.41, 5.74) is 0.201. The van der Waals surface area contributed by atoms with Crippen molar-refractivity contribution in [1.82, 2.24) is 4.98 Å². The van der Waals surface area contributed by atoms with Crippen molar-refractivity contribution in [3.63, 3.8) is 0 Å². The van der Waals surface area contributed by atoms with Crippen LogP contribution in [0.3, 0.4) is 0 Å². The maximum atomic E-state index is 14.1. The minimum absolute atomic E-state index is 0.0334. The molecule has 0 aliphatic carbocycles. The van der Waals surface area contributed by atoms with Gasteiger partial charge < -0.3 is 4.74 Å². The number of rotatable bonds is 2. The lowest BCUT2D eigenvalue weighted by atomic mass is 10.1. The van der Waals surface area contributed by atoms with Crippen LogP contribution in [0.5, 0.6) is 0 Å². The number of methoxy groups -OCH3 is 1. The number of hydrogen-bond acceptors (Lipinski definition) is 3. The van der Waals surface area contributed by atoms with Crippen molar-refractivity contribution in [3.8, 4) is 11.3 Å². The number of carbonyl (C=O) groups excluding carboxylic acids is 1. The molecule has 0 saturated carbocycles. The molecular formula is C13H7BrCl2FNO2. The van der Waals surface area contributed by atoms with Crippen molar-refractivity contribution < 1.29 is 13.9 Å². The lowest BCUT2D eigenvalue weighted by molar-refractivity contribution is 0.0600. The maximum Gasteiger partial charge on any atom is 0.341 e. The van der Waals surface area contributed by atoms with Gasteiger partial charge in [-0.25, -0.2) is 14.2 Å². The Bertz CT molecular complexity index is 694. The molecule has 0 amide bonds. The van der Waals surface area contributed by atoms with Crippen molar-refractivity contribution >= 4 is 45.1 Å². The van der Waals surface area contributed by atoms with Gasteiger partial charge in [-0.15, -0.1) is 0 Å². The van der Waals surface area contributed by atoms with Crippen LogP contribution in [0.2, 0.25) is 10.2 Å². The van der Waals surface area contributed by atoms with Crippen LogP contribution in [0, 0.1) is 5.82 Å². The van der Waals surface area contributed by atoms with Gasteiger partial charge in [-0.3, -0.25) is 0 Å². The average Bonchev–Trinajstić information content (AvgIpc) is 2.43. The molecule has 104 valence electrons. The Morgan fingerprint density at radius 3 is 2.75 bits per heavy atom. The van der Waals surface area contributed by atoms with Gasteiger partial charge in [-0.1, -0.05) is 35.3 Å². The molecule has 0 radical (unpaired) electrons. The number of aromatic nitrogens is 1. The highest BCUT2D eigenvalue weighted by Gasteiger charge is 2.19. The third kappa shape index (κ3) is 2.80. The van der Waals surface area contributed by atoms with Gasteiger partial charge in [-0.2, -0.15) is 0 Å². The summed E-state index contributed by atoms with van der Waals surface area (Å²) in [6, 6.07) is 5.99. The van der Waals surface area contributed by atoms with Crippen LogP contribution in [0.15, 0.2) is 28.7 Å². The number of ether oxygens (including phenoxy) is 1. The van der Waals surface area contributed by atoms with E-state index in [0.29, 0.717) is 15.1 Å². The van der Waals surface area contributed by atoms with Gasteiger partial charge in [0.15, 0.2) is 5.82 Å². The fourth-order valence-corrected chi connectivity index (χ4v) is 2.39. The van der Waals surface area contributed by atoms with Gasteiger partial charge in [0.25, 0.3) is 0 Å². The lowest BCUT2D eigenvalue weighted by Crippen LogP contribution is -2.05. The van der Waals surface area contributed by atoms with Crippen LogP contribution in [0.4, 0.5) is 4.39 Å². The van der Waals surface area contributed by atoms with E-state index in [0.717, 1.165) is 6.07 Å². The van der Waals surface area contributed by atoms with Gasteiger partial charge >= 0.3 is 5.97 Å². The van der Waals surface area contributed by atoms with Gasteiger partial charge in [0, 0.05) is 10.0 Å². The van der Waals surface area contributed by atoms with E-state index >= 15 is 0 Å². The lowest BCUT2D eigenvalue weighted by Gasteiger charge is -2.09. The van der Waals surface area contributed by atoms with Crippen molar-refractivity contribution in [2.24, 2.45) is 0 Å². The molecule has 1 aromatic heterocycles. The number of halogens is 4. The average molecular weight is 379 g/mol. The molecule has 0 N–H and O–H groups in total. The van der Waals surface area contributed by atoms with Gasteiger partial charge in [0.2, 0.25) is 0 Å². The van der Waals surface area contributed by atoms with Gasteiger partial charge in [-0.05, 0) is 28.1 Å². The second-order valence-electron chi connectivity index (χ2n) is 3.75. The summed E-state index contributed by atoms with van der Waals surface area (Å²) in [6.07, 6.45) is 0. The first-order valence-electron chi connectivity index (χ1n) is 5.34. The summed E-state index contributed by atoms with van der Waals surface area (Å²) < 4.78 is 19.2. The number of benzene rings is 1. The van der Waals surface area contributed by atoms with E-state index in [1.54, 1.807) is 18.2 Å². The number of esters is 1. The highest BCUT2D eigenvalue weighted by Crippen LogP contribution is 2.35. The molecule has 0 aliphatic rings. The van der Waals surface area contributed by atoms with Crippen molar-refractivity contribution in [3.05, 3.63) is 50.3 Å². The van der Waals surface area contributed by atoms with Gasteiger partial charge in [0.1, 0.15) is 10.8 Å². The predicted molar refractivity (Wildman–Crippen MR) is 78.7 cm³/mol. The summed E-state index contributed by atoms with van der Waals surface area (Å²) in [5, 5.41) is 0.157. The molecule has 2 rings (SSSR count). The standard InChI is InChI=1S/C13H7BrCl2FNO2/c1-20-13(19)7-5-9(17)11(18-12(7)16)6-3-2-4-8(14)10(6)15/h2-5H,1H3. The molecule has 0 atom stereocenters. The summed E-state index contributed by atoms with van der Waals surface area (Å²) >= 11 is 15.2. The monoisotopic (exact) mass is 377 g/mol. The van der Waals surface area contributed by atoms with Crippen LogP contribution < -0.4 is 0 Å². The third-order valence-corrected chi connectivity index (χ3v) is 4.13. The maximum absolute atomic E-state index is 14.1. The van der Waals surface area contributed by atoms with Crippen LogP contribution in [0.1, 0.15) is 10.4 Å². The van der Waals surface area contributed by atoms with Crippen molar-refractivity contribution in [1.29, 1.82) is 0 Å². The Hall–Kier alpha value is -1.17. The second-order valence-corrected chi connectivity index (χ2v) is 5.34. The fraction of sp³-hybridized carbons (Fsp3) is 0.0769. The van der Waals surface area contributed by atoms with E-state index in [1.165, 1.54) is 7.11 Å². The van der Waals surface area contributed by atoms with Crippen LogP contribution >= 0.6 is 39.1 Å². The van der Waals surface area contributed by atoms with Crippen molar-refractivity contribution in [2.45, 2.75) is 0 Å². The highest BCUT2D eigenvalue weighted by molar-refractivity contribution is 9.10. The predicted octanol–water partition coefficient (Wildman–Crippen LogP) is 4.74. The summed E-state index contributed by atoms with van der Waals surface area (Å²) in [5.74, 6) is -1.47. The summed E-state index contributed by atoms with van der Waals surface area (Å²) in [4.78, 5) is 15.3. The zero-order chi connectivity index (χ0) is 14.9. The SMILES string of the molecule is COC(=O)c1cc(F)c(-c2cccc(Br)c2Cl)nc1Cl. The molecule has 2 aromatic rings. The number of nitrogens with zero attached hydrogens (tertiary/aromatic N) is 1. The van der Waals surface area contributed by atoms with Crippen molar-refractivity contribution in [2.75, 3.05) is 7.11 Å². The van der Waals surface area contributed by atoms with E-state index in [2.05, 4.69) is 25.7 Å². The first kappa shape index (κ1) is 15.2. The van der Waals surface area contributed by atoms with Gasteiger partial charge in [0.05, 0.1) is 17.7 Å². The Morgan fingerprint density at radius 2 is 2.10 bits per heavy atom. The Kier molecular flexibility index (Phi) is 4.62. The van der Waals surface area contributed by atoms with E-state index in [9.17, 15) is 9.18 Å². The Labute approximate surface area is 132 Å². The molecule has 1 heterocycles. The molecule has 0 aliphatic heterocycles. The molecule has 0 saturated heterocycles. The highest BCUT2D eigenvalue weighted by atomic mass is 79.9. The summed E-state index contributed by atoms with van der Waals surface area (Å²) in [7, 11) is 1.18. The van der Waals surface area contributed by atoms with E-state index in [1.807, 2.05) is 0 Å². The first-order chi connectivity index (χ1) is 9.45. The number of hydrogen-bond donors (Lipinski definition) is 0. The van der Waals surface area contributed by atoms with E-state index in [4.69, 9.17) is 23.2 Å². The molecule has 3 nitrogen and oxygen atoms in total. The number of pyridine rings is 1. The zero-order valence-electron chi connectivity index (χ0n) is 10.1. The van der Waals surface area contributed by atoms with E-state index < -0.39 is 11.8 Å². The Balaban J connectivity index is 2.62. The zero-order valence-corrected chi connectivity index (χ0v) is 13.2. The largest absolute Gasteiger partial charge is 0.465 e. The second kappa shape index (κ2) is 6.08. The normalized spacial score (nSPS) is 10.4. The van der Waals surface area contributed by atoms with Crippen LogP contribution in [-0.2, 0) is 4.74 Å². The number of carbonyl (C=O) groups is 1. The molecule has 0 bridgehead atoms. The quantitative estimate of drug-likeness (QED) is 0.559. The molecule has 7 heteroatoms. The molecule has 0 unspecified atom stereocenters. The van der Waals surface area contributed by atoms with Crippen LogP contribution in [0.25, 0.3) is 11.3 Å². The molecule has 0 spiro atoms. The Morgan fingerprint density at radius 1 is 1.40 bits per heavy atom. The minimum Gasteiger partial charge on any atom is -0.465 e. The summed E-state index contributed by atoms with van der Waals surface area (Å²) in [6.45, 7) is 0. The minimum atomic E-state index is -0.756.